The maximum Gasteiger partial charge on any atom is 0.0558 e. The Balaban J connectivity index is 1.99. The van der Waals surface area contributed by atoms with Gasteiger partial charge in [0.25, 0.3) is 0 Å². The molecule has 17 heavy (non-hydrogen) atoms. The zero-order valence-electron chi connectivity index (χ0n) is 9.35. The van der Waals surface area contributed by atoms with Crippen molar-refractivity contribution < 1.29 is 0 Å². The number of hydrogen-bond donors (Lipinski definition) is 0. The standard InChI is InChI=1S/C17H11/c1-2-7-14(6-1)12-13-16-10-5-9-15-8-3-4-11-17(15)16/h1-11H. The molecule has 3 rings (SSSR count). The molecule has 2 aromatic carbocycles. The maximum atomic E-state index is 3.24. The molecule has 2 aromatic rings. The fraction of sp³-hybridized carbons (Fsp3) is 0. The first kappa shape index (κ1) is 10.4. The quantitative estimate of drug-likeness (QED) is 0.589. The van der Waals surface area contributed by atoms with Crippen LogP contribution in [0, 0.1) is 43.4 Å². The summed E-state index contributed by atoms with van der Waals surface area (Å²) >= 11 is 0. The van der Waals surface area contributed by atoms with E-state index in [1.807, 2.05) is 25.7 Å². The molecule has 0 unspecified atom stereocenters. The lowest BCUT2D eigenvalue weighted by atomic mass is 10.0. The molecule has 0 heterocycles. The third-order valence-electron chi connectivity index (χ3n) is 2.79. The lowest BCUT2D eigenvalue weighted by Crippen LogP contribution is -1.86. The highest BCUT2D eigenvalue weighted by Gasteiger charge is 2.13. The molecule has 0 heteroatoms. The molecule has 0 spiro atoms. The zero-order chi connectivity index (χ0) is 11.5. The summed E-state index contributed by atoms with van der Waals surface area (Å²) < 4.78 is 0. The van der Waals surface area contributed by atoms with Crippen LogP contribution in [0.2, 0.25) is 0 Å². The second-order valence-corrected chi connectivity index (χ2v) is 3.95. The van der Waals surface area contributed by atoms with E-state index in [0.29, 0.717) is 0 Å². The third kappa shape index (κ3) is 2.19. The SMILES string of the molecule is C(#Cc1cccc2ccccc12)[C]1[CH][CH][CH][CH]1. The summed E-state index contributed by atoms with van der Waals surface area (Å²) in [6, 6.07) is 14.6. The number of rotatable bonds is 0. The van der Waals surface area contributed by atoms with Gasteiger partial charge in [0.2, 0.25) is 0 Å². The molecular weight excluding hydrogens is 204 g/mol. The second kappa shape index (κ2) is 4.63. The summed E-state index contributed by atoms with van der Waals surface area (Å²) in [5.74, 6) is 7.49. The van der Waals surface area contributed by atoms with Gasteiger partial charge in [-0.25, -0.2) is 0 Å². The number of hydrogen-bond acceptors (Lipinski definition) is 0. The van der Waals surface area contributed by atoms with Gasteiger partial charge in [0.1, 0.15) is 0 Å². The van der Waals surface area contributed by atoms with Gasteiger partial charge in [-0.2, -0.15) is 0 Å². The monoisotopic (exact) mass is 215 g/mol. The lowest BCUT2D eigenvalue weighted by molar-refractivity contribution is 1.43. The van der Waals surface area contributed by atoms with Gasteiger partial charge >= 0.3 is 0 Å². The van der Waals surface area contributed by atoms with Crippen LogP contribution in [-0.4, -0.2) is 0 Å². The van der Waals surface area contributed by atoms with E-state index in [4.69, 9.17) is 0 Å². The van der Waals surface area contributed by atoms with Gasteiger partial charge in [-0.3, -0.25) is 0 Å². The lowest BCUT2D eigenvalue weighted by Gasteiger charge is -2.00. The molecule has 5 radical (unpaired) electrons. The molecule has 1 fully saturated rings. The van der Waals surface area contributed by atoms with Crippen molar-refractivity contribution in [2.75, 3.05) is 0 Å². The van der Waals surface area contributed by atoms with Gasteiger partial charge in [-0.05, 0) is 42.5 Å². The zero-order valence-corrected chi connectivity index (χ0v) is 9.35. The van der Waals surface area contributed by atoms with E-state index >= 15 is 0 Å². The fourth-order valence-corrected chi connectivity index (χ4v) is 1.93. The van der Waals surface area contributed by atoms with Gasteiger partial charge in [0.05, 0.1) is 5.92 Å². The van der Waals surface area contributed by atoms with E-state index < -0.39 is 0 Å². The molecule has 0 atom stereocenters. The van der Waals surface area contributed by atoms with Crippen LogP contribution in [0.25, 0.3) is 10.8 Å². The van der Waals surface area contributed by atoms with Gasteiger partial charge in [-0.15, -0.1) is 0 Å². The first-order valence-corrected chi connectivity index (χ1v) is 5.65. The van der Waals surface area contributed by atoms with Crippen molar-refractivity contribution in [2.45, 2.75) is 0 Å². The summed E-state index contributed by atoms with van der Waals surface area (Å²) in [5.41, 5.74) is 1.09. The van der Waals surface area contributed by atoms with Crippen molar-refractivity contribution in [1.82, 2.24) is 0 Å². The maximum absolute atomic E-state index is 3.24. The van der Waals surface area contributed by atoms with Crippen LogP contribution in [0.5, 0.6) is 0 Å². The number of fused-ring (bicyclic) bond motifs is 1. The van der Waals surface area contributed by atoms with Crippen LogP contribution >= 0.6 is 0 Å². The van der Waals surface area contributed by atoms with E-state index in [1.165, 1.54) is 10.8 Å². The Kier molecular flexibility index (Phi) is 2.84. The summed E-state index contributed by atoms with van der Waals surface area (Å²) in [7, 11) is 0. The number of benzene rings is 2. The summed E-state index contributed by atoms with van der Waals surface area (Å²) in [6.45, 7) is 0. The van der Waals surface area contributed by atoms with Gasteiger partial charge < -0.3 is 0 Å². The molecule has 0 saturated heterocycles. The predicted octanol–water partition coefficient (Wildman–Crippen LogP) is 3.60. The first-order valence-electron chi connectivity index (χ1n) is 5.65. The van der Waals surface area contributed by atoms with Crippen LogP contribution in [0.4, 0.5) is 0 Å². The van der Waals surface area contributed by atoms with Crippen LogP contribution in [0.1, 0.15) is 5.56 Å². The van der Waals surface area contributed by atoms with Gasteiger partial charge in [-0.1, -0.05) is 48.2 Å². The molecule has 79 valence electrons. The van der Waals surface area contributed by atoms with Gasteiger partial charge in [0, 0.05) is 5.56 Å². The summed E-state index contributed by atoms with van der Waals surface area (Å²) in [5, 5.41) is 2.45. The average molecular weight is 215 g/mol. The van der Waals surface area contributed by atoms with E-state index in [-0.39, 0.29) is 0 Å². The van der Waals surface area contributed by atoms with Crippen LogP contribution < -0.4 is 0 Å². The molecule has 1 aliphatic carbocycles. The van der Waals surface area contributed by atoms with Crippen LogP contribution in [0.15, 0.2) is 42.5 Å². The van der Waals surface area contributed by atoms with Crippen molar-refractivity contribution in [1.29, 1.82) is 0 Å². The van der Waals surface area contributed by atoms with E-state index in [0.717, 1.165) is 11.5 Å². The molecule has 1 aliphatic rings. The molecule has 1 saturated carbocycles. The molecular formula is C17H11. The minimum absolute atomic E-state index is 1.07. The Morgan fingerprint density at radius 1 is 0.706 bits per heavy atom. The Hall–Kier alpha value is -1.74. The van der Waals surface area contributed by atoms with E-state index in [9.17, 15) is 0 Å². The second-order valence-electron chi connectivity index (χ2n) is 3.95. The van der Waals surface area contributed by atoms with Crippen LogP contribution in [-0.2, 0) is 0 Å². The average Bonchev–Trinajstić information content (AvgIpc) is 2.89. The van der Waals surface area contributed by atoms with Crippen molar-refractivity contribution >= 4 is 10.8 Å². The van der Waals surface area contributed by atoms with Gasteiger partial charge in [0.15, 0.2) is 0 Å². The Morgan fingerprint density at radius 2 is 1.47 bits per heavy atom. The highest BCUT2D eigenvalue weighted by Crippen LogP contribution is 2.22. The highest BCUT2D eigenvalue weighted by molar-refractivity contribution is 5.88. The van der Waals surface area contributed by atoms with Crippen molar-refractivity contribution in [2.24, 2.45) is 0 Å². The summed E-state index contributed by atoms with van der Waals surface area (Å²) in [6.07, 6.45) is 8.07. The minimum Gasteiger partial charge on any atom is -0.0888 e. The largest absolute Gasteiger partial charge is 0.0888 e. The van der Waals surface area contributed by atoms with Crippen molar-refractivity contribution in [3.05, 3.63) is 79.6 Å². The molecule has 0 aliphatic heterocycles. The molecule has 0 nitrogen and oxygen atoms in total. The molecule has 0 bridgehead atoms. The van der Waals surface area contributed by atoms with Crippen molar-refractivity contribution in [3.63, 3.8) is 0 Å². The highest BCUT2D eigenvalue weighted by atomic mass is 14.2. The Bertz CT molecular complexity index is 572. The Morgan fingerprint density at radius 3 is 2.35 bits per heavy atom. The molecule has 0 N–H and O–H groups in total. The first-order chi connectivity index (χ1) is 8.43. The smallest absolute Gasteiger partial charge is 0.0558 e. The van der Waals surface area contributed by atoms with E-state index in [1.54, 1.807) is 0 Å². The Labute approximate surface area is 103 Å². The molecule has 0 aromatic heterocycles. The topological polar surface area (TPSA) is 0 Å². The van der Waals surface area contributed by atoms with Crippen molar-refractivity contribution in [3.8, 4) is 11.8 Å². The predicted molar refractivity (Wildman–Crippen MR) is 71.3 cm³/mol. The van der Waals surface area contributed by atoms with Crippen LogP contribution in [0.3, 0.4) is 0 Å². The fourth-order valence-electron chi connectivity index (χ4n) is 1.93. The minimum atomic E-state index is 1.07. The van der Waals surface area contributed by atoms with E-state index in [2.05, 4.69) is 54.3 Å². The normalized spacial score (nSPS) is 15.8. The molecule has 0 amide bonds. The summed E-state index contributed by atoms with van der Waals surface area (Å²) in [4.78, 5) is 0. The third-order valence-corrected chi connectivity index (χ3v) is 2.79.